The van der Waals surface area contributed by atoms with Crippen LogP contribution in [-0.4, -0.2) is 18.5 Å². The van der Waals surface area contributed by atoms with Crippen LogP contribution in [0.1, 0.15) is 32.6 Å². The standard InChI is InChI=1S/C11H18O3/c1-3-10-8-12-11(14-13-10)6-4-9(2)5-7-11/h3,9-10H,1,4-8H2,2H3. The van der Waals surface area contributed by atoms with Gasteiger partial charge >= 0.3 is 0 Å². The first kappa shape index (κ1) is 10.1. The lowest BCUT2D eigenvalue weighted by molar-refractivity contribution is -0.485. The quantitative estimate of drug-likeness (QED) is 0.478. The minimum absolute atomic E-state index is 0.111. The van der Waals surface area contributed by atoms with Crippen molar-refractivity contribution in [1.29, 1.82) is 0 Å². The van der Waals surface area contributed by atoms with Crippen LogP contribution in [0.4, 0.5) is 0 Å². The van der Waals surface area contributed by atoms with Gasteiger partial charge in [-0.2, -0.15) is 0 Å². The number of hydrogen-bond donors (Lipinski definition) is 0. The molecule has 0 aromatic heterocycles. The SMILES string of the molecule is C=CC1COC2(CCC(C)CC2)OO1. The lowest BCUT2D eigenvalue weighted by Gasteiger charge is -2.41. The van der Waals surface area contributed by atoms with Crippen LogP contribution >= 0.6 is 0 Å². The van der Waals surface area contributed by atoms with Gasteiger partial charge in [0, 0.05) is 12.8 Å². The second-order valence-corrected chi connectivity index (χ2v) is 4.36. The zero-order valence-corrected chi connectivity index (χ0v) is 8.70. The smallest absolute Gasteiger partial charge is 0.201 e. The number of ether oxygens (including phenoxy) is 1. The maximum Gasteiger partial charge on any atom is 0.201 e. The van der Waals surface area contributed by atoms with Crippen molar-refractivity contribution in [3.63, 3.8) is 0 Å². The van der Waals surface area contributed by atoms with E-state index in [0.29, 0.717) is 6.61 Å². The van der Waals surface area contributed by atoms with Crippen LogP contribution in [0, 0.1) is 5.92 Å². The van der Waals surface area contributed by atoms with E-state index in [4.69, 9.17) is 14.5 Å². The van der Waals surface area contributed by atoms with Crippen LogP contribution in [0.2, 0.25) is 0 Å². The minimum atomic E-state index is -0.452. The van der Waals surface area contributed by atoms with Crippen molar-refractivity contribution in [2.75, 3.05) is 6.61 Å². The predicted octanol–water partition coefficient (Wildman–Crippen LogP) is 2.43. The zero-order chi connectivity index (χ0) is 10.0. The highest BCUT2D eigenvalue weighted by atomic mass is 17.2. The highest BCUT2D eigenvalue weighted by molar-refractivity contribution is 4.84. The summed E-state index contributed by atoms with van der Waals surface area (Å²) in [4.78, 5) is 10.6. The Bertz CT molecular complexity index is 197. The molecule has 2 rings (SSSR count). The summed E-state index contributed by atoms with van der Waals surface area (Å²) in [6.45, 7) is 6.48. The molecule has 0 radical (unpaired) electrons. The van der Waals surface area contributed by atoms with Crippen LogP contribution in [0.25, 0.3) is 0 Å². The van der Waals surface area contributed by atoms with E-state index in [-0.39, 0.29) is 6.10 Å². The summed E-state index contributed by atoms with van der Waals surface area (Å²) in [5.41, 5.74) is 0. The van der Waals surface area contributed by atoms with E-state index >= 15 is 0 Å². The van der Waals surface area contributed by atoms with Crippen LogP contribution in [0.5, 0.6) is 0 Å². The van der Waals surface area contributed by atoms with E-state index in [1.807, 2.05) is 0 Å². The van der Waals surface area contributed by atoms with Crippen molar-refractivity contribution in [3.8, 4) is 0 Å². The number of hydrogen-bond acceptors (Lipinski definition) is 3. The summed E-state index contributed by atoms with van der Waals surface area (Å²) in [5, 5.41) is 0. The van der Waals surface area contributed by atoms with E-state index in [2.05, 4.69) is 13.5 Å². The summed E-state index contributed by atoms with van der Waals surface area (Å²) >= 11 is 0. The van der Waals surface area contributed by atoms with E-state index in [0.717, 1.165) is 31.6 Å². The summed E-state index contributed by atoms with van der Waals surface area (Å²) in [5.74, 6) is 0.330. The molecule has 1 atom stereocenters. The van der Waals surface area contributed by atoms with Crippen LogP contribution < -0.4 is 0 Å². The van der Waals surface area contributed by atoms with Crippen LogP contribution in [0.15, 0.2) is 12.7 Å². The maximum absolute atomic E-state index is 5.74. The Hall–Kier alpha value is -0.380. The van der Waals surface area contributed by atoms with Gasteiger partial charge in [-0.15, -0.1) is 6.58 Å². The molecule has 2 aliphatic rings. The fraction of sp³-hybridized carbons (Fsp3) is 0.818. The maximum atomic E-state index is 5.74. The van der Waals surface area contributed by atoms with E-state index in [9.17, 15) is 0 Å². The Balaban J connectivity index is 1.89. The molecule has 3 heteroatoms. The van der Waals surface area contributed by atoms with Gasteiger partial charge in [0.05, 0.1) is 6.61 Å². The predicted molar refractivity (Wildman–Crippen MR) is 52.5 cm³/mol. The molecule has 0 amide bonds. The summed E-state index contributed by atoms with van der Waals surface area (Å²) < 4.78 is 5.74. The van der Waals surface area contributed by atoms with Gasteiger partial charge < -0.3 is 4.74 Å². The molecule has 1 heterocycles. The highest BCUT2D eigenvalue weighted by Gasteiger charge is 2.41. The fourth-order valence-electron chi connectivity index (χ4n) is 1.97. The third-order valence-electron chi connectivity index (χ3n) is 3.13. The molecule has 1 spiro atoms. The fourth-order valence-corrected chi connectivity index (χ4v) is 1.97. The Labute approximate surface area is 85.0 Å². The lowest BCUT2D eigenvalue weighted by atomic mass is 9.86. The van der Waals surface area contributed by atoms with E-state index in [1.54, 1.807) is 6.08 Å². The summed E-state index contributed by atoms with van der Waals surface area (Å²) in [6, 6.07) is 0. The van der Waals surface area contributed by atoms with Gasteiger partial charge in [0.15, 0.2) is 0 Å². The second kappa shape index (κ2) is 4.01. The molecule has 3 nitrogen and oxygen atoms in total. The Morgan fingerprint density at radius 2 is 2.07 bits per heavy atom. The van der Waals surface area contributed by atoms with Crippen LogP contribution in [-0.2, 0) is 14.5 Å². The molecule has 1 aliphatic carbocycles. The first-order chi connectivity index (χ1) is 6.74. The molecule has 1 saturated heterocycles. The molecule has 14 heavy (non-hydrogen) atoms. The van der Waals surface area contributed by atoms with Crippen molar-refractivity contribution in [3.05, 3.63) is 12.7 Å². The average molecular weight is 198 g/mol. The van der Waals surface area contributed by atoms with Gasteiger partial charge in [0.2, 0.25) is 5.79 Å². The van der Waals surface area contributed by atoms with Crippen molar-refractivity contribution >= 4 is 0 Å². The molecule has 0 aromatic carbocycles. The van der Waals surface area contributed by atoms with E-state index in [1.165, 1.54) is 0 Å². The topological polar surface area (TPSA) is 27.7 Å². The average Bonchev–Trinajstić information content (AvgIpc) is 2.24. The van der Waals surface area contributed by atoms with Gasteiger partial charge in [0.25, 0.3) is 0 Å². The third-order valence-corrected chi connectivity index (χ3v) is 3.13. The van der Waals surface area contributed by atoms with Crippen molar-refractivity contribution < 1.29 is 14.5 Å². The van der Waals surface area contributed by atoms with Crippen molar-refractivity contribution in [2.24, 2.45) is 5.92 Å². The molecule has 0 aromatic rings. The van der Waals surface area contributed by atoms with Crippen molar-refractivity contribution in [2.45, 2.75) is 44.5 Å². The first-order valence-corrected chi connectivity index (χ1v) is 5.35. The molecule has 80 valence electrons. The van der Waals surface area contributed by atoms with E-state index < -0.39 is 5.79 Å². The van der Waals surface area contributed by atoms with Gasteiger partial charge in [-0.1, -0.05) is 13.0 Å². The molecular weight excluding hydrogens is 180 g/mol. The molecule has 1 saturated carbocycles. The molecule has 1 unspecified atom stereocenters. The lowest BCUT2D eigenvalue weighted by Crippen LogP contribution is -2.46. The Kier molecular flexibility index (Phi) is 2.91. The van der Waals surface area contributed by atoms with Gasteiger partial charge in [-0.25, -0.2) is 9.78 Å². The highest BCUT2D eigenvalue weighted by Crippen LogP contribution is 2.38. The molecular formula is C11H18O3. The van der Waals surface area contributed by atoms with Gasteiger partial charge in [-0.3, -0.25) is 0 Å². The largest absolute Gasteiger partial charge is 0.344 e. The Morgan fingerprint density at radius 1 is 1.36 bits per heavy atom. The second-order valence-electron chi connectivity index (χ2n) is 4.36. The summed E-state index contributed by atoms with van der Waals surface area (Å²) in [6.07, 6.45) is 5.79. The van der Waals surface area contributed by atoms with Crippen molar-refractivity contribution in [1.82, 2.24) is 0 Å². The monoisotopic (exact) mass is 198 g/mol. The first-order valence-electron chi connectivity index (χ1n) is 5.35. The van der Waals surface area contributed by atoms with Gasteiger partial charge in [-0.05, 0) is 18.8 Å². The molecule has 0 N–H and O–H groups in total. The molecule has 0 bridgehead atoms. The molecule has 2 fully saturated rings. The normalized spacial score (nSPS) is 43.8. The number of rotatable bonds is 1. The summed E-state index contributed by atoms with van der Waals surface area (Å²) in [7, 11) is 0. The zero-order valence-electron chi connectivity index (χ0n) is 8.70. The minimum Gasteiger partial charge on any atom is -0.344 e. The Morgan fingerprint density at radius 3 is 2.57 bits per heavy atom. The third kappa shape index (κ3) is 2.00. The van der Waals surface area contributed by atoms with Gasteiger partial charge in [0.1, 0.15) is 6.10 Å². The van der Waals surface area contributed by atoms with Crippen LogP contribution in [0.3, 0.4) is 0 Å². The molecule has 1 aliphatic heterocycles.